The molecule has 0 spiro atoms. The minimum Gasteiger partial charge on any atom is -0.489 e. The van der Waals surface area contributed by atoms with E-state index < -0.39 is 0 Å². The summed E-state index contributed by atoms with van der Waals surface area (Å²) in [6, 6.07) is 15.6. The summed E-state index contributed by atoms with van der Waals surface area (Å²) in [5.74, 6) is 12.9. The standard InChI is InChI=1S/C24H22O4/c1-2-8-16-26-20-22-12-4-6-14-24(22)28-18-10-9-17-27-23-13-5-3-11-21(23)19-25-15-7-1/h3-6,9-14H,15-20H2/b10-9+. The number of hydrogen-bond donors (Lipinski definition) is 0. The second-order valence-corrected chi connectivity index (χ2v) is 5.90. The Morgan fingerprint density at radius 2 is 1.07 bits per heavy atom. The van der Waals surface area contributed by atoms with E-state index in [1.807, 2.05) is 60.7 Å². The van der Waals surface area contributed by atoms with Crippen molar-refractivity contribution >= 4 is 0 Å². The molecule has 0 unspecified atom stereocenters. The highest BCUT2D eigenvalue weighted by Gasteiger charge is 2.03. The molecule has 1 aliphatic heterocycles. The van der Waals surface area contributed by atoms with Crippen molar-refractivity contribution in [3.63, 3.8) is 0 Å². The first kappa shape index (κ1) is 19.6. The van der Waals surface area contributed by atoms with Crippen LogP contribution in [-0.4, -0.2) is 26.4 Å². The molecule has 0 radical (unpaired) electrons. The minimum atomic E-state index is 0.314. The molecule has 28 heavy (non-hydrogen) atoms. The molecule has 2 aromatic carbocycles. The highest BCUT2D eigenvalue weighted by molar-refractivity contribution is 5.34. The van der Waals surface area contributed by atoms with E-state index in [0.717, 1.165) is 22.6 Å². The van der Waals surface area contributed by atoms with Gasteiger partial charge in [-0.05, 0) is 36.1 Å². The molecule has 0 saturated carbocycles. The van der Waals surface area contributed by atoms with Crippen LogP contribution in [0.25, 0.3) is 0 Å². The second kappa shape index (κ2) is 11.5. The normalized spacial score (nSPS) is 16.3. The summed E-state index contributed by atoms with van der Waals surface area (Å²) in [4.78, 5) is 0. The van der Waals surface area contributed by atoms with Crippen molar-refractivity contribution in [1.29, 1.82) is 0 Å². The van der Waals surface area contributed by atoms with Crippen molar-refractivity contribution < 1.29 is 18.9 Å². The Kier molecular flexibility index (Phi) is 8.05. The molecule has 0 bridgehead atoms. The van der Waals surface area contributed by atoms with Crippen LogP contribution in [0.3, 0.4) is 0 Å². The van der Waals surface area contributed by atoms with E-state index >= 15 is 0 Å². The molecule has 0 N–H and O–H groups in total. The van der Waals surface area contributed by atoms with Crippen LogP contribution in [0.1, 0.15) is 11.1 Å². The summed E-state index contributed by atoms with van der Waals surface area (Å²) >= 11 is 0. The van der Waals surface area contributed by atoms with Crippen molar-refractivity contribution in [1.82, 2.24) is 0 Å². The summed E-state index contributed by atoms with van der Waals surface area (Å²) in [7, 11) is 0. The molecule has 0 amide bonds. The molecule has 3 rings (SSSR count). The maximum atomic E-state index is 5.84. The maximum Gasteiger partial charge on any atom is 0.125 e. The third-order valence-electron chi connectivity index (χ3n) is 3.88. The molecule has 142 valence electrons. The average molecular weight is 374 g/mol. The maximum absolute atomic E-state index is 5.84. The number of ether oxygens (including phenoxy) is 4. The molecule has 4 nitrogen and oxygen atoms in total. The molecule has 0 saturated heterocycles. The quantitative estimate of drug-likeness (QED) is 0.520. The molecule has 0 aliphatic carbocycles. The molecule has 0 fully saturated rings. The number of rotatable bonds is 0. The summed E-state index contributed by atoms with van der Waals surface area (Å²) < 4.78 is 22.9. The van der Waals surface area contributed by atoms with Gasteiger partial charge in [0, 0.05) is 11.1 Å². The average Bonchev–Trinajstić information content (AvgIpc) is 2.73. The molecule has 4 heteroatoms. The van der Waals surface area contributed by atoms with E-state index in [-0.39, 0.29) is 0 Å². The first-order chi connectivity index (χ1) is 13.9. The number of benzene rings is 2. The van der Waals surface area contributed by atoms with Gasteiger partial charge in [0.2, 0.25) is 0 Å². The van der Waals surface area contributed by atoms with Crippen LogP contribution in [0, 0.1) is 23.7 Å². The molecule has 0 aromatic heterocycles. The molecule has 1 heterocycles. The Balaban J connectivity index is 1.68. The first-order valence-electron chi connectivity index (χ1n) is 9.11. The van der Waals surface area contributed by atoms with Gasteiger partial charge in [-0.2, -0.15) is 0 Å². The van der Waals surface area contributed by atoms with Crippen LogP contribution in [-0.2, 0) is 22.7 Å². The lowest BCUT2D eigenvalue weighted by Gasteiger charge is -2.10. The molecule has 2 aromatic rings. The van der Waals surface area contributed by atoms with Gasteiger partial charge in [0.15, 0.2) is 0 Å². The second-order valence-electron chi connectivity index (χ2n) is 5.90. The van der Waals surface area contributed by atoms with Gasteiger partial charge in [0.25, 0.3) is 0 Å². The molecule has 1 aliphatic rings. The van der Waals surface area contributed by atoms with Gasteiger partial charge < -0.3 is 18.9 Å². The largest absolute Gasteiger partial charge is 0.489 e. The third kappa shape index (κ3) is 6.52. The van der Waals surface area contributed by atoms with Crippen LogP contribution in [0.15, 0.2) is 60.7 Å². The summed E-state index contributed by atoms with van der Waals surface area (Å²) in [6.45, 7) is 2.42. The first-order valence-corrected chi connectivity index (χ1v) is 9.11. The van der Waals surface area contributed by atoms with Crippen molar-refractivity contribution in [2.45, 2.75) is 13.2 Å². The Hall–Kier alpha value is -3.18. The van der Waals surface area contributed by atoms with Crippen LogP contribution < -0.4 is 9.47 Å². The predicted octanol–water partition coefficient (Wildman–Crippen LogP) is 3.75. The number of hydrogen-bond acceptors (Lipinski definition) is 4. The lowest BCUT2D eigenvalue weighted by Crippen LogP contribution is -2.02. The highest BCUT2D eigenvalue weighted by atomic mass is 16.5. The van der Waals surface area contributed by atoms with Gasteiger partial charge in [0.1, 0.15) is 37.9 Å². The Bertz CT molecular complexity index is 834. The summed E-state index contributed by atoms with van der Waals surface area (Å²) in [6.07, 6.45) is 3.88. The van der Waals surface area contributed by atoms with E-state index in [9.17, 15) is 0 Å². The van der Waals surface area contributed by atoms with Gasteiger partial charge in [-0.3, -0.25) is 0 Å². The van der Waals surface area contributed by atoms with Crippen LogP contribution in [0.2, 0.25) is 0 Å². The van der Waals surface area contributed by atoms with Gasteiger partial charge in [0.05, 0.1) is 13.2 Å². The minimum absolute atomic E-state index is 0.314. The van der Waals surface area contributed by atoms with Gasteiger partial charge in [-0.1, -0.05) is 48.2 Å². The Morgan fingerprint density at radius 3 is 1.57 bits per heavy atom. The van der Waals surface area contributed by atoms with Crippen molar-refractivity contribution in [3.05, 3.63) is 71.8 Å². The molecular formula is C24H22O4. The van der Waals surface area contributed by atoms with Gasteiger partial charge >= 0.3 is 0 Å². The monoisotopic (exact) mass is 374 g/mol. The zero-order valence-electron chi connectivity index (χ0n) is 15.6. The molecular weight excluding hydrogens is 352 g/mol. The number of para-hydroxylation sites is 2. The fraction of sp³-hybridized carbons (Fsp3) is 0.250. The van der Waals surface area contributed by atoms with E-state index in [0.29, 0.717) is 39.6 Å². The van der Waals surface area contributed by atoms with Crippen LogP contribution in [0.5, 0.6) is 11.5 Å². The van der Waals surface area contributed by atoms with Crippen LogP contribution in [0.4, 0.5) is 0 Å². The smallest absolute Gasteiger partial charge is 0.125 e. The van der Waals surface area contributed by atoms with E-state index in [4.69, 9.17) is 18.9 Å². The van der Waals surface area contributed by atoms with Crippen molar-refractivity contribution in [3.8, 4) is 35.2 Å². The summed E-state index contributed by atoms with van der Waals surface area (Å²) in [5, 5.41) is 0. The van der Waals surface area contributed by atoms with Crippen LogP contribution >= 0.6 is 0 Å². The zero-order valence-corrected chi connectivity index (χ0v) is 15.6. The van der Waals surface area contributed by atoms with Gasteiger partial charge in [-0.25, -0.2) is 0 Å². The highest BCUT2D eigenvalue weighted by Crippen LogP contribution is 2.20. The van der Waals surface area contributed by atoms with Crippen molar-refractivity contribution in [2.24, 2.45) is 0 Å². The SMILES string of the molecule is C1#CCOCc2ccccc2OC/C=C/COc2ccccc2COCC#C1. The summed E-state index contributed by atoms with van der Waals surface area (Å²) in [5.41, 5.74) is 1.97. The fourth-order valence-corrected chi connectivity index (χ4v) is 2.52. The van der Waals surface area contributed by atoms with Gasteiger partial charge in [-0.15, -0.1) is 0 Å². The molecule has 0 atom stereocenters. The Labute approximate surface area is 166 Å². The van der Waals surface area contributed by atoms with E-state index in [1.165, 1.54) is 0 Å². The zero-order chi connectivity index (χ0) is 19.3. The fourth-order valence-electron chi connectivity index (χ4n) is 2.52. The van der Waals surface area contributed by atoms with E-state index in [1.54, 1.807) is 0 Å². The predicted molar refractivity (Wildman–Crippen MR) is 108 cm³/mol. The lowest BCUT2D eigenvalue weighted by atomic mass is 10.2. The Morgan fingerprint density at radius 1 is 0.607 bits per heavy atom. The third-order valence-corrected chi connectivity index (χ3v) is 3.88. The lowest BCUT2D eigenvalue weighted by molar-refractivity contribution is 0.150. The van der Waals surface area contributed by atoms with Crippen molar-refractivity contribution in [2.75, 3.05) is 26.4 Å². The topological polar surface area (TPSA) is 36.9 Å². The van der Waals surface area contributed by atoms with E-state index in [2.05, 4.69) is 23.7 Å². The number of fused-ring (bicyclic) bond motifs is 2.